The van der Waals surface area contributed by atoms with E-state index >= 15 is 0 Å². The second-order valence-corrected chi connectivity index (χ2v) is 31.2. The molecule has 0 aromatic carbocycles. The predicted octanol–water partition coefficient (Wildman–Crippen LogP) is 9.03. The van der Waals surface area contributed by atoms with E-state index in [4.69, 9.17) is 18.0 Å². The standard InChI is InChI=1S/C34H64O5Si3/c1-23(14-17-31(35)36-4)26-15-16-27-32-28(22-30(34(26,27)3)39-42(11,12)13)33(2)19-18-25(37-40(5,6)7)20-24(33)21-29(32)38-41(8,9)10/h20,23,25-30,32H,14-19,21-22H2,1-13H3/t23-,25+,26-,27?,28?,29-,30+,32?,33+,34-/m1/s1. The minimum absolute atomic E-state index is 0.0861. The Kier molecular flexibility index (Phi) is 10.0. The Morgan fingerprint density at radius 2 is 1.52 bits per heavy atom. The van der Waals surface area contributed by atoms with Crippen LogP contribution in [0.1, 0.15) is 72.1 Å². The van der Waals surface area contributed by atoms with Gasteiger partial charge in [-0.25, -0.2) is 0 Å². The van der Waals surface area contributed by atoms with Gasteiger partial charge in [-0.1, -0.05) is 32.4 Å². The molecule has 4 aliphatic carbocycles. The van der Waals surface area contributed by atoms with E-state index in [1.165, 1.54) is 26.4 Å². The van der Waals surface area contributed by atoms with Gasteiger partial charge in [0.1, 0.15) is 0 Å². The van der Waals surface area contributed by atoms with Gasteiger partial charge in [0.25, 0.3) is 0 Å². The molecule has 0 N–H and O–H groups in total. The molecule has 0 aliphatic heterocycles. The summed E-state index contributed by atoms with van der Waals surface area (Å²) >= 11 is 0. The van der Waals surface area contributed by atoms with Gasteiger partial charge in [0.05, 0.1) is 25.4 Å². The number of carbonyl (C=O) groups is 1. The number of methoxy groups -OCH3 is 1. The van der Waals surface area contributed by atoms with Crippen molar-refractivity contribution in [3.8, 4) is 0 Å². The van der Waals surface area contributed by atoms with Crippen LogP contribution in [-0.2, 0) is 22.8 Å². The number of rotatable bonds is 10. The minimum Gasteiger partial charge on any atom is -0.469 e. The van der Waals surface area contributed by atoms with Crippen molar-refractivity contribution in [2.45, 2.75) is 149 Å². The van der Waals surface area contributed by atoms with E-state index in [1.54, 1.807) is 5.57 Å². The van der Waals surface area contributed by atoms with Gasteiger partial charge in [0, 0.05) is 6.42 Å². The monoisotopic (exact) mass is 636 g/mol. The summed E-state index contributed by atoms with van der Waals surface area (Å²) in [6, 6.07) is 0. The maximum Gasteiger partial charge on any atom is 0.305 e. The molecular weight excluding hydrogens is 573 g/mol. The highest BCUT2D eigenvalue weighted by molar-refractivity contribution is 6.70. The molecule has 4 rings (SSSR count). The first-order valence-electron chi connectivity index (χ1n) is 17.0. The van der Waals surface area contributed by atoms with Crippen molar-refractivity contribution in [1.29, 1.82) is 0 Å². The Bertz CT molecular complexity index is 1010. The van der Waals surface area contributed by atoms with E-state index < -0.39 is 25.0 Å². The summed E-state index contributed by atoms with van der Waals surface area (Å²) in [6.45, 7) is 28.7. The van der Waals surface area contributed by atoms with E-state index in [0.717, 1.165) is 25.7 Å². The Hall–Kier alpha value is -0.259. The fourth-order valence-electron chi connectivity index (χ4n) is 9.91. The molecule has 3 fully saturated rings. The van der Waals surface area contributed by atoms with E-state index in [1.807, 2.05) is 0 Å². The van der Waals surface area contributed by atoms with Crippen LogP contribution in [0, 0.1) is 40.4 Å². The lowest BCUT2D eigenvalue weighted by Crippen LogP contribution is -2.63. The summed E-state index contributed by atoms with van der Waals surface area (Å²) in [6.07, 6.45) is 11.7. The van der Waals surface area contributed by atoms with E-state index in [0.29, 0.717) is 36.0 Å². The molecule has 42 heavy (non-hydrogen) atoms. The summed E-state index contributed by atoms with van der Waals surface area (Å²) in [4.78, 5) is 12.1. The molecule has 5 nitrogen and oxygen atoms in total. The third-order valence-electron chi connectivity index (χ3n) is 11.4. The molecule has 3 unspecified atom stereocenters. The van der Waals surface area contributed by atoms with Gasteiger partial charge in [-0.3, -0.25) is 4.79 Å². The first kappa shape index (κ1) is 34.6. The molecule has 0 radical (unpaired) electrons. The zero-order chi connectivity index (χ0) is 31.5. The topological polar surface area (TPSA) is 54.0 Å². The normalized spacial score (nSPS) is 39.5. The number of hydrogen-bond acceptors (Lipinski definition) is 5. The van der Waals surface area contributed by atoms with Crippen molar-refractivity contribution in [2.24, 2.45) is 40.4 Å². The molecular formula is C34H64O5Si3. The first-order chi connectivity index (χ1) is 19.2. The zero-order valence-corrected chi connectivity index (χ0v) is 32.4. The van der Waals surface area contributed by atoms with E-state index in [-0.39, 0.29) is 35.1 Å². The number of fused-ring (bicyclic) bond motifs is 5. The highest BCUT2D eigenvalue weighted by Gasteiger charge is 2.66. The Morgan fingerprint density at radius 3 is 2.10 bits per heavy atom. The number of hydrogen-bond donors (Lipinski definition) is 0. The molecule has 0 amide bonds. The minimum atomic E-state index is -1.80. The lowest BCUT2D eigenvalue weighted by atomic mass is 9.45. The van der Waals surface area contributed by atoms with Crippen LogP contribution in [-0.4, -0.2) is 56.3 Å². The Morgan fingerprint density at radius 1 is 0.905 bits per heavy atom. The Balaban J connectivity index is 1.76. The highest BCUT2D eigenvalue weighted by Crippen LogP contribution is 2.69. The summed E-state index contributed by atoms with van der Waals surface area (Å²) in [5.74, 6) is 2.62. The molecule has 0 heterocycles. The number of esters is 1. The van der Waals surface area contributed by atoms with Crippen molar-refractivity contribution >= 4 is 30.9 Å². The summed E-state index contributed by atoms with van der Waals surface area (Å²) < 4.78 is 26.2. The van der Waals surface area contributed by atoms with Crippen LogP contribution in [0.5, 0.6) is 0 Å². The van der Waals surface area contributed by atoms with Crippen LogP contribution in [0.4, 0.5) is 0 Å². The van der Waals surface area contributed by atoms with E-state index in [9.17, 15) is 4.79 Å². The van der Waals surface area contributed by atoms with Crippen LogP contribution >= 0.6 is 0 Å². The van der Waals surface area contributed by atoms with Crippen LogP contribution in [0.15, 0.2) is 11.6 Å². The SMILES string of the molecule is COC(=O)CC[C@@H](C)[C@H]1CCC2C3C(C[C@H](O[Si](C)(C)C)[C@@]21C)[C@@]1(C)CC[C@H](O[Si](C)(C)C)C=C1C[C@H]3O[Si](C)(C)C. The fraction of sp³-hybridized carbons (Fsp3) is 0.912. The summed E-state index contributed by atoms with van der Waals surface area (Å²) in [5.41, 5.74) is 1.88. The summed E-state index contributed by atoms with van der Waals surface area (Å²) in [7, 11) is -3.70. The molecule has 0 aromatic heterocycles. The lowest BCUT2D eigenvalue weighted by molar-refractivity contribution is -0.160. The molecule has 3 saturated carbocycles. The second kappa shape index (κ2) is 12.2. The number of carbonyl (C=O) groups excluding carboxylic acids is 1. The van der Waals surface area contributed by atoms with Crippen LogP contribution in [0.3, 0.4) is 0 Å². The van der Waals surface area contributed by atoms with Gasteiger partial charge in [-0.2, -0.15) is 0 Å². The molecule has 0 bridgehead atoms. The van der Waals surface area contributed by atoms with Gasteiger partial charge in [0.2, 0.25) is 0 Å². The Labute approximate surface area is 261 Å². The molecule has 0 saturated heterocycles. The average molecular weight is 637 g/mol. The van der Waals surface area contributed by atoms with E-state index in [2.05, 4.69) is 85.8 Å². The largest absolute Gasteiger partial charge is 0.469 e. The smallest absolute Gasteiger partial charge is 0.305 e. The van der Waals surface area contributed by atoms with Crippen molar-refractivity contribution in [2.75, 3.05) is 7.11 Å². The van der Waals surface area contributed by atoms with Gasteiger partial charge in [-0.15, -0.1) is 0 Å². The van der Waals surface area contributed by atoms with Gasteiger partial charge >= 0.3 is 5.97 Å². The quantitative estimate of drug-likeness (QED) is 0.136. The van der Waals surface area contributed by atoms with Gasteiger partial charge in [0.15, 0.2) is 25.0 Å². The van der Waals surface area contributed by atoms with Crippen LogP contribution in [0.2, 0.25) is 58.9 Å². The zero-order valence-electron chi connectivity index (χ0n) is 29.4. The molecule has 0 aromatic rings. The molecule has 0 spiro atoms. The maximum absolute atomic E-state index is 12.1. The highest BCUT2D eigenvalue weighted by atomic mass is 28.4. The first-order valence-corrected chi connectivity index (χ1v) is 27.2. The number of ether oxygens (including phenoxy) is 1. The van der Waals surface area contributed by atoms with Crippen LogP contribution in [0.25, 0.3) is 0 Å². The maximum atomic E-state index is 12.1. The predicted molar refractivity (Wildman–Crippen MR) is 181 cm³/mol. The van der Waals surface area contributed by atoms with Crippen LogP contribution < -0.4 is 0 Å². The lowest BCUT2D eigenvalue weighted by Gasteiger charge is -2.64. The second-order valence-electron chi connectivity index (χ2n) is 17.8. The third-order valence-corrected chi connectivity index (χ3v) is 14.5. The van der Waals surface area contributed by atoms with Crippen molar-refractivity contribution in [1.82, 2.24) is 0 Å². The molecule has 4 aliphatic rings. The van der Waals surface area contributed by atoms with Gasteiger partial charge in [-0.05, 0) is 144 Å². The molecule has 242 valence electrons. The molecule has 10 atom stereocenters. The third kappa shape index (κ3) is 7.24. The van der Waals surface area contributed by atoms with Gasteiger partial charge < -0.3 is 18.0 Å². The van der Waals surface area contributed by atoms with Crippen molar-refractivity contribution in [3.63, 3.8) is 0 Å². The summed E-state index contributed by atoms with van der Waals surface area (Å²) in [5, 5.41) is 0. The molecule has 8 heteroatoms. The van der Waals surface area contributed by atoms with Crippen molar-refractivity contribution in [3.05, 3.63) is 11.6 Å². The average Bonchev–Trinajstić information content (AvgIpc) is 3.19. The fourth-order valence-corrected chi connectivity index (χ4v) is 13.4. The van der Waals surface area contributed by atoms with Crippen molar-refractivity contribution < 1.29 is 22.8 Å².